The van der Waals surface area contributed by atoms with Crippen LogP contribution in [-0.4, -0.2) is 43.1 Å². The quantitative estimate of drug-likeness (QED) is 0.430. The van der Waals surface area contributed by atoms with Crippen molar-refractivity contribution in [2.75, 3.05) is 24.8 Å². The Morgan fingerprint density at radius 2 is 2.06 bits per heavy atom. The molecule has 1 aromatic carbocycles. The third kappa shape index (κ3) is 6.73. The third-order valence-electron chi connectivity index (χ3n) is 5.22. The van der Waals surface area contributed by atoms with Crippen LogP contribution in [0.2, 0.25) is 0 Å². The van der Waals surface area contributed by atoms with Crippen molar-refractivity contribution in [3.05, 3.63) is 47.4 Å². The molecule has 182 valence electrons. The number of ether oxygens (including phenoxy) is 2. The van der Waals surface area contributed by atoms with Crippen LogP contribution < -0.4 is 10.1 Å². The molecule has 4 atom stereocenters. The average Bonchev–Trinajstić information content (AvgIpc) is 3.14. The van der Waals surface area contributed by atoms with Gasteiger partial charge in [-0.3, -0.25) is 9.57 Å². The lowest BCUT2D eigenvalue weighted by Crippen LogP contribution is -2.33. The van der Waals surface area contributed by atoms with Gasteiger partial charge < -0.3 is 14.8 Å². The van der Waals surface area contributed by atoms with Crippen molar-refractivity contribution < 1.29 is 31.8 Å². The summed E-state index contributed by atoms with van der Waals surface area (Å²) in [6.45, 7) is 5.09. The molecule has 3 rings (SSSR count). The molecule has 1 aromatic heterocycles. The topological polar surface area (TPSA) is 84.3 Å². The summed E-state index contributed by atoms with van der Waals surface area (Å²) in [5.74, 6) is -1.30. The number of benzene rings is 1. The van der Waals surface area contributed by atoms with Crippen LogP contribution in [0.15, 0.2) is 35.5 Å². The molecule has 0 bridgehead atoms. The Kier molecular flexibility index (Phi) is 9.35. The second kappa shape index (κ2) is 11.6. The van der Waals surface area contributed by atoms with E-state index in [1.54, 1.807) is 38.4 Å². The smallest absolute Gasteiger partial charge is 0.414 e. The number of hydrogen-bond donors (Lipinski definition) is 2. The number of pyridine rings is 1. The summed E-state index contributed by atoms with van der Waals surface area (Å²) in [7, 11) is -0.610. The monoisotopic (exact) mass is 489 g/mol. The van der Waals surface area contributed by atoms with Crippen LogP contribution in [0.25, 0.3) is 0 Å². The van der Waals surface area contributed by atoms with E-state index in [0.29, 0.717) is 40.6 Å². The molecular weight excluding hydrogens is 462 g/mol. The minimum atomic E-state index is -4.39. The normalized spacial score (nSPS) is 21.0. The van der Waals surface area contributed by atoms with E-state index in [-0.39, 0.29) is 6.61 Å². The molecule has 2 heterocycles. The van der Waals surface area contributed by atoms with E-state index >= 15 is 0 Å². The highest BCUT2D eigenvalue weighted by molar-refractivity contribution is 7.85. The molecule has 1 saturated heterocycles. The lowest BCUT2D eigenvalue weighted by Gasteiger charge is -2.23. The molecule has 2 N–H and O–H groups in total. The van der Waals surface area contributed by atoms with E-state index in [1.165, 1.54) is 19.1 Å². The zero-order valence-electron chi connectivity index (χ0n) is 18.7. The van der Waals surface area contributed by atoms with Crippen molar-refractivity contribution in [2.45, 2.75) is 44.0 Å². The number of halogens is 4. The molecule has 1 aliphatic heterocycles. The average molecular weight is 490 g/mol. The van der Waals surface area contributed by atoms with Crippen LogP contribution in [0.1, 0.15) is 30.9 Å². The number of nitrogens with one attached hydrogen (secondary N) is 2. The maximum absolute atomic E-state index is 13.6. The van der Waals surface area contributed by atoms with Crippen molar-refractivity contribution in [1.82, 2.24) is 4.98 Å². The van der Waals surface area contributed by atoms with Crippen LogP contribution in [0.5, 0.6) is 5.75 Å². The van der Waals surface area contributed by atoms with Gasteiger partial charge in [0.1, 0.15) is 16.6 Å². The van der Waals surface area contributed by atoms with Gasteiger partial charge in [-0.25, -0.2) is 9.37 Å². The summed E-state index contributed by atoms with van der Waals surface area (Å²) < 4.78 is 70.0. The van der Waals surface area contributed by atoms with Gasteiger partial charge in [0.15, 0.2) is 6.10 Å². The largest absolute Gasteiger partial charge is 0.493 e. The zero-order valence-corrected chi connectivity index (χ0v) is 19.5. The maximum Gasteiger partial charge on any atom is 0.414 e. The number of hydrogen-bond acceptors (Lipinski definition) is 5. The maximum atomic E-state index is 13.6. The highest BCUT2D eigenvalue weighted by Crippen LogP contribution is 2.45. The Hall–Kier alpha value is -2.53. The van der Waals surface area contributed by atoms with Crippen molar-refractivity contribution in [3.8, 4) is 5.75 Å². The molecule has 6 nitrogen and oxygen atoms in total. The van der Waals surface area contributed by atoms with Crippen LogP contribution in [0.4, 0.5) is 23.2 Å². The zero-order chi connectivity index (χ0) is 24.8. The van der Waals surface area contributed by atoms with Gasteiger partial charge in [0.2, 0.25) is 6.41 Å². The minimum Gasteiger partial charge on any atom is -0.493 e. The number of carbonyl (C=O) groups excluding carboxylic acids is 1. The SMILES string of the molecule is CCOc1c(C2COC(C(F)(F)F)C2C)ccc(F)c1C.CS(=N)c1cc(NC=O)ccn1. The van der Waals surface area contributed by atoms with Gasteiger partial charge in [0.05, 0.1) is 13.2 Å². The summed E-state index contributed by atoms with van der Waals surface area (Å²) in [6.07, 6.45) is -2.24. The number of amides is 1. The molecule has 11 heteroatoms. The number of aromatic nitrogens is 1. The second-order valence-electron chi connectivity index (χ2n) is 7.44. The van der Waals surface area contributed by atoms with Gasteiger partial charge in [-0.05, 0) is 38.3 Å². The molecule has 0 spiro atoms. The van der Waals surface area contributed by atoms with Crippen molar-refractivity contribution >= 4 is 22.8 Å². The predicted octanol–water partition coefficient (Wildman–Crippen LogP) is 5.23. The van der Waals surface area contributed by atoms with Crippen molar-refractivity contribution in [1.29, 1.82) is 4.78 Å². The summed E-state index contributed by atoms with van der Waals surface area (Å²) in [4.78, 5) is 14.1. The van der Waals surface area contributed by atoms with E-state index in [2.05, 4.69) is 10.3 Å². The van der Waals surface area contributed by atoms with Crippen LogP contribution in [0, 0.1) is 23.4 Å². The fraction of sp³-hybridized carbons (Fsp3) is 0.455. The van der Waals surface area contributed by atoms with Gasteiger partial charge in [-0.2, -0.15) is 13.2 Å². The Bertz CT molecular complexity index is 988. The highest BCUT2D eigenvalue weighted by Gasteiger charge is 2.51. The Labute approximate surface area is 192 Å². The van der Waals surface area contributed by atoms with E-state index in [4.69, 9.17) is 14.3 Å². The number of rotatable bonds is 6. The summed E-state index contributed by atoms with van der Waals surface area (Å²) in [6, 6.07) is 6.15. The first-order valence-corrected chi connectivity index (χ1v) is 11.8. The lowest BCUT2D eigenvalue weighted by molar-refractivity contribution is -0.215. The standard InChI is InChI=1S/C15H18F4O2.C7H9N3OS/c1-4-20-13-9(3)12(16)6-5-10(13)11-7-21-14(8(11)2)15(17,18)19;1-12(8)7-4-6(10-5-11)2-3-9-7/h5-6,8,11,14H,4,7H2,1-3H3;2-5,8H,1H3,(H,9,10,11). The van der Waals surface area contributed by atoms with Gasteiger partial charge in [0, 0.05) is 34.8 Å². The fourth-order valence-corrected chi connectivity index (χ4v) is 4.06. The van der Waals surface area contributed by atoms with Gasteiger partial charge in [-0.15, -0.1) is 0 Å². The van der Waals surface area contributed by atoms with Crippen molar-refractivity contribution in [3.63, 3.8) is 0 Å². The number of alkyl halides is 3. The molecule has 33 heavy (non-hydrogen) atoms. The second-order valence-corrected chi connectivity index (χ2v) is 8.88. The first-order chi connectivity index (χ1) is 15.5. The molecule has 1 aliphatic rings. The lowest BCUT2D eigenvalue weighted by atomic mass is 9.85. The molecule has 2 aromatic rings. The Morgan fingerprint density at radius 3 is 2.61 bits per heavy atom. The van der Waals surface area contributed by atoms with E-state index in [1.807, 2.05) is 0 Å². The fourth-order valence-electron chi connectivity index (χ4n) is 3.54. The van der Waals surface area contributed by atoms with Crippen LogP contribution in [-0.2, 0) is 20.2 Å². The molecule has 0 aliphatic carbocycles. The van der Waals surface area contributed by atoms with Crippen LogP contribution >= 0.6 is 0 Å². The number of anilines is 1. The molecule has 1 amide bonds. The predicted molar refractivity (Wildman–Crippen MR) is 118 cm³/mol. The third-order valence-corrected chi connectivity index (χ3v) is 6.07. The molecular formula is C22H27F4N3O3S. The molecule has 0 saturated carbocycles. The first-order valence-electron chi connectivity index (χ1n) is 10.1. The Balaban J connectivity index is 0.000000273. The minimum absolute atomic E-state index is 0.0451. The molecule has 4 unspecified atom stereocenters. The molecule has 1 fully saturated rings. The molecule has 0 radical (unpaired) electrons. The van der Waals surface area contributed by atoms with Crippen LogP contribution in [0.3, 0.4) is 0 Å². The number of carbonyl (C=O) groups is 1. The first kappa shape index (κ1) is 26.7. The van der Waals surface area contributed by atoms with Gasteiger partial charge in [-0.1, -0.05) is 23.7 Å². The van der Waals surface area contributed by atoms with E-state index in [0.717, 1.165) is 0 Å². The highest BCUT2D eigenvalue weighted by atomic mass is 32.2. The van der Waals surface area contributed by atoms with Gasteiger partial charge >= 0.3 is 6.18 Å². The van der Waals surface area contributed by atoms with Gasteiger partial charge in [0.25, 0.3) is 0 Å². The summed E-state index contributed by atoms with van der Waals surface area (Å²) in [5.41, 5.74) is 1.58. The van der Waals surface area contributed by atoms with E-state index < -0.39 is 40.6 Å². The van der Waals surface area contributed by atoms with E-state index in [9.17, 15) is 22.4 Å². The summed E-state index contributed by atoms with van der Waals surface area (Å²) >= 11 is 0. The Morgan fingerprint density at radius 1 is 1.36 bits per heavy atom. The summed E-state index contributed by atoms with van der Waals surface area (Å²) in [5, 5.41) is 3.19. The number of nitrogens with zero attached hydrogens (tertiary/aromatic N) is 1. The van der Waals surface area contributed by atoms with Crippen molar-refractivity contribution in [2.24, 2.45) is 5.92 Å².